The SMILES string of the molecule is CN(C(=O)OC(C)(C)C)C(CO)Cc1c[nH]c2ccccc12. The van der Waals surface area contributed by atoms with Crippen molar-refractivity contribution in [2.75, 3.05) is 13.7 Å². The standard InChI is InChI=1S/C17H24N2O3/c1-17(2,3)22-16(21)19(4)13(11-20)9-12-10-18-15-8-6-5-7-14(12)15/h5-8,10,13,18,20H,9,11H2,1-4H3. The molecule has 1 unspecified atom stereocenters. The van der Waals surface area contributed by atoms with Gasteiger partial charge in [-0.25, -0.2) is 4.79 Å². The number of carbonyl (C=O) groups is 1. The van der Waals surface area contributed by atoms with Gasteiger partial charge in [0, 0.05) is 24.1 Å². The third-order valence-corrected chi connectivity index (χ3v) is 3.57. The van der Waals surface area contributed by atoms with E-state index in [0.717, 1.165) is 16.5 Å². The number of likely N-dealkylation sites (N-methyl/N-ethyl adjacent to an activating group) is 1. The first kappa shape index (κ1) is 16.4. The van der Waals surface area contributed by atoms with Crippen LogP contribution < -0.4 is 0 Å². The number of H-pyrrole nitrogens is 1. The van der Waals surface area contributed by atoms with Crippen LogP contribution in [0.2, 0.25) is 0 Å². The molecule has 1 heterocycles. The van der Waals surface area contributed by atoms with Crippen molar-refractivity contribution in [2.24, 2.45) is 0 Å². The summed E-state index contributed by atoms with van der Waals surface area (Å²) in [6.07, 6.45) is 2.07. The van der Waals surface area contributed by atoms with Gasteiger partial charge < -0.3 is 19.7 Å². The number of amides is 1. The normalized spacial score (nSPS) is 13.1. The molecule has 2 aromatic rings. The van der Waals surface area contributed by atoms with Crippen molar-refractivity contribution < 1.29 is 14.6 Å². The van der Waals surface area contributed by atoms with E-state index < -0.39 is 11.7 Å². The highest BCUT2D eigenvalue weighted by molar-refractivity contribution is 5.83. The number of rotatable bonds is 4. The molecule has 120 valence electrons. The minimum absolute atomic E-state index is 0.116. The number of carbonyl (C=O) groups excluding carboxylic acids is 1. The Morgan fingerprint density at radius 3 is 2.68 bits per heavy atom. The van der Waals surface area contributed by atoms with Gasteiger partial charge in [0.1, 0.15) is 5.60 Å². The van der Waals surface area contributed by atoms with Crippen molar-refractivity contribution in [3.8, 4) is 0 Å². The molecule has 0 radical (unpaired) electrons. The molecular formula is C17H24N2O3. The summed E-state index contributed by atoms with van der Waals surface area (Å²) in [6, 6.07) is 7.66. The van der Waals surface area contributed by atoms with E-state index in [-0.39, 0.29) is 12.6 Å². The van der Waals surface area contributed by atoms with Crippen LogP contribution >= 0.6 is 0 Å². The first-order chi connectivity index (χ1) is 10.3. The van der Waals surface area contributed by atoms with Gasteiger partial charge in [-0.3, -0.25) is 0 Å². The van der Waals surface area contributed by atoms with Crippen molar-refractivity contribution in [3.05, 3.63) is 36.0 Å². The first-order valence-electron chi connectivity index (χ1n) is 7.43. The van der Waals surface area contributed by atoms with E-state index in [4.69, 9.17) is 4.74 Å². The van der Waals surface area contributed by atoms with E-state index in [9.17, 15) is 9.90 Å². The second kappa shape index (κ2) is 6.40. The Labute approximate surface area is 130 Å². The van der Waals surface area contributed by atoms with Crippen LogP contribution in [0, 0.1) is 0 Å². The molecule has 0 saturated carbocycles. The number of aromatic nitrogens is 1. The summed E-state index contributed by atoms with van der Waals surface area (Å²) in [6.45, 7) is 5.36. The van der Waals surface area contributed by atoms with Crippen molar-refractivity contribution in [2.45, 2.75) is 38.8 Å². The lowest BCUT2D eigenvalue weighted by Gasteiger charge is -2.29. The van der Waals surface area contributed by atoms with Crippen molar-refractivity contribution >= 4 is 17.0 Å². The number of nitrogens with one attached hydrogen (secondary N) is 1. The third-order valence-electron chi connectivity index (χ3n) is 3.57. The fourth-order valence-electron chi connectivity index (χ4n) is 2.36. The highest BCUT2D eigenvalue weighted by atomic mass is 16.6. The number of para-hydroxylation sites is 1. The van der Waals surface area contributed by atoms with Crippen LogP contribution in [0.25, 0.3) is 10.9 Å². The number of ether oxygens (including phenoxy) is 1. The topological polar surface area (TPSA) is 65.6 Å². The van der Waals surface area contributed by atoms with E-state index in [1.807, 2.05) is 51.2 Å². The van der Waals surface area contributed by atoms with Gasteiger partial charge in [-0.2, -0.15) is 0 Å². The Kier molecular flexibility index (Phi) is 4.76. The lowest BCUT2D eigenvalue weighted by Crippen LogP contribution is -2.43. The van der Waals surface area contributed by atoms with Gasteiger partial charge in [-0.1, -0.05) is 18.2 Å². The van der Waals surface area contributed by atoms with E-state index in [2.05, 4.69) is 4.98 Å². The monoisotopic (exact) mass is 304 g/mol. The van der Waals surface area contributed by atoms with Crippen LogP contribution in [-0.4, -0.2) is 46.4 Å². The summed E-state index contributed by atoms with van der Waals surface area (Å²) >= 11 is 0. The highest BCUT2D eigenvalue weighted by Crippen LogP contribution is 2.21. The Bertz CT molecular complexity index is 643. The van der Waals surface area contributed by atoms with Gasteiger partial charge in [0.15, 0.2) is 0 Å². The van der Waals surface area contributed by atoms with E-state index in [1.165, 1.54) is 4.90 Å². The summed E-state index contributed by atoms with van der Waals surface area (Å²) < 4.78 is 5.36. The Balaban J connectivity index is 2.13. The zero-order valence-electron chi connectivity index (χ0n) is 13.6. The molecule has 0 aliphatic heterocycles. The average molecular weight is 304 g/mol. The Hall–Kier alpha value is -2.01. The fourth-order valence-corrected chi connectivity index (χ4v) is 2.36. The molecule has 0 spiro atoms. The Morgan fingerprint density at radius 2 is 2.05 bits per heavy atom. The summed E-state index contributed by atoms with van der Waals surface area (Å²) in [5, 5.41) is 10.8. The summed E-state index contributed by atoms with van der Waals surface area (Å²) in [7, 11) is 1.66. The van der Waals surface area contributed by atoms with Crippen molar-refractivity contribution in [3.63, 3.8) is 0 Å². The molecular weight excluding hydrogens is 280 g/mol. The van der Waals surface area contributed by atoms with Gasteiger partial charge >= 0.3 is 6.09 Å². The van der Waals surface area contributed by atoms with Gasteiger partial charge in [0.25, 0.3) is 0 Å². The minimum atomic E-state index is -0.549. The summed E-state index contributed by atoms with van der Waals surface area (Å²) in [5.41, 5.74) is 1.57. The number of benzene rings is 1. The zero-order valence-corrected chi connectivity index (χ0v) is 13.6. The molecule has 5 heteroatoms. The molecule has 5 nitrogen and oxygen atoms in total. The minimum Gasteiger partial charge on any atom is -0.444 e. The number of fused-ring (bicyclic) bond motifs is 1. The van der Waals surface area contributed by atoms with Crippen molar-refractivity contribution in [1.29, 1.82) is 0 Å². The number of hydrogen-bond acceptors (Lipinski definition) is 3. The third kappa shape index (κ3) is 3.80. The van der Waals surface area contributed by atoms with E-state index in [1.54, 1.807) is 7.05 Å². The predicted molar refractivity (Wildman–Crippen MR) is 86.9 cm³/mol. The summed E-state index contributed by atoms with van der Waals surface area (Å²) in [5.74, 6) is 0. The van der Waals surface area contributed by atoms with Crippen molar-refractivity contribution in [1.82, 2.24) is 9.88 Å². The molecule has 1 aromatic carbocycles. The number of aliphatic hydroxyl groups is 1. The quantitative estimate of drug-likeness (QED) is 0.912. The molecule has 0 saturated heterocycles. The Morgan fingerprint density at radius 1 is 1.36 bits per heavy atom. The van der Waals surface area contributed by atoms with Crippen LogP contribution in [0.3, 0.4) is 0 Å². The van der Waals surface area contributed by atoms with Gasteiger partial charge in [0.05, 0.1) is 12.6 Å². The second-order valence-corrected chi connectivity index (χ2v) is 6.49. The maximum absolute atomic E-state index is 12.1. The molecule has 22 heavy (non-hydrogen) atoms. The lowest BCUT2D eigenvalue weighted by atomic mass is 10.0. The second-order valence-electron chi connectivity index (χ2n) is 6.49. The van der Waals surface area contributed by atoms with Gasteiger partial charge in [-0.05, 0) is 38.8 Å². The molecule has 0 fully saturated rings. The molecule has 1 amide bonds. The zero-order chi connectivity index (χ0) is 16.3. The molecule has 2 N–H and O–H groups in total. The fraction of sp³-hybridized carbons (Fsp3) is 0.471. The average Bonchev–Trinajstić information content (AvgIpc) is 2.85. The molecule has 2 rings (SSSR count). The van der Waals surface area contributed by atoms with Crippen LogP contribution in [-0.2, 0) is 11.2 Å². The van der Waals surface area contributed by atoms with Crippen LogP contribution in [0.15, 0.2) is 30.5 Å². The van der Waals surface area contributed by atoms with Gasteiger partial charge in [0.2, 0.25) is 0 Å². The predicted octanol–water partition coefficient (Wildman–Crippen LogP) is 2.94. The maximum atomic E-state index is 12.1. The molecule has 0 aliphatic carbocycles. The van der Waals surface area contributed by atoms with E-state index >= 15 is 0 Å². The number of aromatic amines is 1. The molecule has 0 aliphatic rings. The number of aliphatic hydroxyl groups excluding tert-OH is 1. The number of nitrogens with zero attached hydrogens (tertiary/aromatic N) is 1. The van der Waals surface area contributed by atoms with Crippen LogP contribution in [0.4, 0.5) is 4.79 Å². The molecule has 1 aromatic heterocycles. The van der Waals surface area contributed by atoms with Crippen LogP contribution in [0.5, 0.6) is 0 Å². The van der Waals surface area contributed by atoms with E-state index in [0.29, 0.717) is 6.42 Å². The van der Waals surface area contributed by atoms with Crippen LogP contribution in [0.1, 0.15) is 26.3 Å². The lowest BCUT2D eigenvalue weighted by molar-refractivity contribution is 0.0163. The first-order valence-corrected chi connectivity index (χ1v) is 7.43. The largest absolute Gasteiger partial charge is 0.444 e. The smallest absolute Gasteiger partial charge is 0.410 e. The number of hydrogen-bond donors (Lipinski definition) is 2. The maximum Gasteiger partial charge on any atom is 0.410 e. The highest BCUT2D eigenvalue weighted by Gasteiger charge is 2.25. The van der Waals surface area contributed by atoms with Gasteiger partial charge in [-0.15, -0.1) is 0 Å². The molecule has 1 atom stereocenters. The summed E-state index contributed by atoms with van der Waals surface area (Å²) in [4.78, 5) is 16.8. The molecule has 0 bridgehead atoms.